The van der Waals surface area contributed by atoms with E-state index in [9.17, 15) is 13.6 Å². The van der Waals surface area contributed by atoms with Crippen molar-refractivity contribution in [3.63, 3.8) is 0 Å². The number of fused-ring (bicyclic) bond motifs is 2. The van der Waals surface area contributed by atoms with Gasteiger partial charge in [0.1, 0.15) is 11.9 Å². The van der Waals surface area contributed by atoms with Gasteiger partial charge < -0.3 is 9.64 Å². The Hall–Kier alpha value is -2.86. The molecule has 0 aromatic heterocycles. The number of carbonyl (C=O) groups excluding carboxylic acids is 1. The number of amides is 1. The zero-order valence-corrected chi connectivity index (χ0v) is 20.4. The number of aryl methyl sites for hydroxylation is 1. The number of benzene rings is 3. The fourth-order valence-corrected chi connectivity index (χ4v) is 6.18. The lowest BCUT2D eigenvalue weighted by Gasteiger charge is -2.39. The minimum absolute atomic E-state index is 0.0622. The highest BCUT2D eigenvalue weighted by molar-refractivity contribution is 7.98. The number of thioether (sulfide) groups is 1. The molecule has 2 aliphatic heterocycles. The Balaban J connectivity index is 1.14. The van der Waals surface area contributed by atoms with Crippen LogP contribution in [0.2, 0.25) is 0 Å². The fourth-order valence-electron chi connectivity index (χ4n) is 5.22. The largest absolute Gasteiger partial charge is 0.487 e. The summed E-state index contributed by atoms with van der Waals surface area (Å²) in [5.74, 6) is 0.823. The van der Waals surface area contributed by atoms with Gasteiger partial charge in [-0.2, -0.15) is 11.8 Å². The van der Waals surface area contributed by atoms with Crippen molar-refractivity contribution in [2.45, 2.75) is 56.0 Å². The lowest BCUT2D eigenvalue weighted by molar-refractivity contribution is 0.0349. The second-order valence-corrected chi connectivity index (χ2v) is 10.5. The van der Waals surface area contributed by atoms with Crippen molar-refractivity contribution in [1.82, 2.24) is 4.90 Å². The number of hydrogen-bond donors (Lipinski definition) is 0. The van der Waals surface area contributed by atoms with Crippen LogP contribution in [0.5, 0.6) is 5.75 Å². The van der Waals surface area contributed by atoms with Gasteiger partial charge in [0.25, 0.3) is 5.91 Å². The SMILES string of the molecule is O=C(c1ccc(CSCCc2ccccc2)cc1)N1[C@H]2CC[C@H]1CC(Oc1ccc(F)cc1F)C2. The summed E-state index contributed by atoms with van der Waals surface area (Å²) >= 11 is 1.90. The molecular weight excluding hydrogens is 464 g/mol. The molecule has 2 saturated heterocycles. The van der Waals surface area contributed by atoms with Crippen molar-refractivity contribution >= 4 is 17.7 Å². The Bertz CT molecular complexity index is 1140. The van der Waals surface area contributed by atoms with Gasteiger partial charge in [-0.1, -0.05) is 42.5 Å². The molecule has 0 radical (unpaired) electrons. The Morgan fingerprint density at radius 3 is 2.31 bits per heavy atom. The monoisotopic (exact) mass is 493 g/mol. The zero-order chi connectivity index (χ0) is 24.2. The summed E-state index contributed by atoms with van der Waals surface area (Å²) in [6.07, 6.45) is 4.06. The van der Waals surface area contributed by atoms with Gasteiger partial charge in [-0.05, 0) is 60.4 Å². The molecule has 1 amide bonds. The lowest BCUT2D eigenvalue weighted by atomic mass is 9.98. The Labute approximate surface area is 209 Å². The minimum atomic E-state index is -0.686. The summed E-state index contributed by atoms with van der Waals surface area (Å²) in [7, 11) is 0. The molecule has 2 bridgehead atoms. The van der Waals surface area contributed by atoms with Crippen LogP contribution in [0.3, 0.4) is 0 Å². The molecule has 0 N–H and O–H groups in total. The maximum atomic E-state index is 14.0. The topological polar surface area (TPSA) is 29.5 Å². The molecule has 5 rings (SSSR count). The number of halogens is 2. The summed E-state index contributed by atoms with van der Waals surface area (Å²) in [6, 6.07) is 22.0. The van der Waals surface area contributed by atoms with Crippen molar-refractivity contribution in [3.8, 4) is 5.75 Å². The van der Waals surface area contributed by atoms with Crippen LogP contribution in [0.25, 0.3) is 0 Å². The van der Waals surface area contributed by atoms with Crippen LogP contribution in [-0.4, -0.2) is 34.7 Å². The first-order chi connectivity index (χ1) is 17.1. The molecule has 35 heavy (non-hydrogen) atoms. The van der Waals surface area contributed by atoms with E-state index in [0.29, 0.717) is 18.4 Å². The summed E-state index contributed by atoms with van der Waals surface area (Å²) in [6.45, 7) is 0. The van der Waals surface area contributed by atoms with Gasteiger partial charge in [0.2, 0.25) is 0 Å². The maximum absolute atomic E-state index is 14.0. The Kier molecular flexibility index (Phi) is 7.37. The number of nitrogens with zero attached hydrogens (tertiary/aromatic N) is 1. The highest BCUT2D eigenvalue weighted by Crippen LogP contribution is 2.38. The average molecular weight is 494 g/mol. The van der Waals surface area contributed by atoms with Crippen LogP contribution >= 0.6 is 11.8 Å². The van der Waals surface area contributed by atoms with E-state index in [2.05, 4.69) is 36.4 Å². The van der Waals surface area contributed by atoms with Crippen molar-refractivity contribution in [1.29, 1.82) is 0 Å². The first-order valence-corrected chi connectivity index (χ1v) is 13.4. The second kappa shape index (κ2) is 10.8. The molecule has 2 aliphatic rings. The fraction of sp³-hybridized carbons (Fsp3) is 0.345. The highest BCUT2D eigenvalue weighted by Gasteiger charge is 2.44. The van der Waals surface area contributed by atoms with Gasteiger partial charge in [0.05, 0.1) is 0 Å². The molecule has 3 aromatic carbocycles. The van der Waals surface area contributed by atoms with Crippen molar-refractivity contribution in [2.24, 2.45) is 0 Å². The van der Waals surface area contributed by atoms with Crippen molar-refractivity contribution < 1.29 is 18.3 Å². The van der Waals surface area contributed by atoms with E-state index in [1.54, 1.807) is 0 Å². The number of carbonyl (C=O) groups is 1. The molecular formula is C29H29F2NO2S. The molecule has 0 saturated carbocycles. The number of piperidine rings is 1. The quantitative estimate of drug-likeness (QED) is 0.329. The first kappa shape index (κ1) is 23.9. The Morgan fingerprint density at radius 1 is 0.914 bits per heavy atom. The molecule has 3 nitrogen and oxygen atoms in total. The zero-order valence-electron chi connectivity index (χ0n) is 19.5. The van der Waals surface area contributed by atoms with E-state index in [-0.39, 0.29) is 29.8 Å². The molecule has 0 aliphatic carbocycles. The molecule has 6 heteroatoms. The molecule has 2 atom stereocenters. The van der Waals surface area contributed by atoms with Crippen LogP contribution < -0.4 is 4.74 Å². The molecule has 2 fully saturated rings. The average Bonchev–Trinajstić information content (AvgIpc) is 3.14. The van der Waals surface area contributed by atoms with Gasteiger partial charge in [-0.25, -0.2) is 8.78 Å². The Morgan fingerprint density at radius 2 is 1.63 bits per heavy atom. The van der Waals surface area contributed by atoms with Gasteiger partial charge in [0.15, 0.2) is 11.6 Å². The van der Waals surface area contributed by atoms with Crippen LogP contribution in [0, 0.1) is 11.6 Å². The van der Waals surface area contributed by atoms with Gasteiger partial charge in [-0.3, -0.25) is 4.79 Å². The van der Waals surface area contributed by atoms with Crippen LogP contribution in [0.15, 0.2) is 72.8 Å². The third-order valence-corrected chi connectivity index (χ3v) is 7.99. The molecule has 3 aromatic rings. The molecule has 0 spiro atoms. The van der Waals surface area contributed by atoms with E-state index in [0.717, 1.165) is 36.8 Å². The summed E-state index contributed by atoms with van der Waals surface area (Å²) in [5, 5.41) is 0. The summed E-state index contributed by atoms with van der Waals surface area (Å²) in [5.41, 5.74) is 3.28. The third-order valence-electron chi connectivity index (χ3n) is 6.96. The van der Waals surface area contributed by atoms with Crippen molar-refractivity contribution in [2.75, 3.05) is 5.75 Å². The third kappa shape index (κ3) is 5.69. The normalized spacial score (nSPS) is 21.2. The van der Waals surface area contributed by atoms with Gasteiger partial charge in [-0.15, -0.1) is 0 Å². The summed E-state index contributed by atoms with van der Waals surface area (Å²) < 4.78 is 33.1. The van der Waals surface area contributed by atoms with E-state index >= 15 is 0 Å². The lowest BCUT2D eigenvalue weighted by Crippen LogP contribution is -2.49. The predicted molar refractivity (Wildman–Crippen MR) is 136 cm³/mol. The maximum Gasteiger partial charge on any atom is 0.254 e. The van der Waals surface area contributed by atoms with Crippen molar-refractivity contribution in [3.05, 3.63) is 101 Å². The standard InChI is InChI=1S/C29H29F2NO2S/c30-23-10-13-28(27(31)16-23)34-26-17-24-11-12-25(18-26)32(24)29(33)22-8-6-21(7-9-22)19-35-15-14-20-4-2-1-3-5-20/h1-10,13,16,24-26H,11-12,14-15,17-19H2/t24-,25-/m0/s1. The smallest absolute Gasteiger partial charge is 0.254 e. The van der Waals surface area contributed by atoms with E-state index < -0.39 is 11.6 Å². The van der Waals surface area contributed by atoms with Gasteiger partial charge in [0, 0.05) is 42.3 Å². The molecule has 182 valence electrons. The second-order valence-electron chi connectivity index (χ2n) is 9.37. The van der Waals surface area contributed by atoms with Gasteiger partial charge >= 0.3 is 0 Å². The van der Waals surface area contributed by atoms with Crippen LogP contribution in [0.1, 0.15) is 47.2 Å². The molecule has 2 heterocycles. The number of rotatable bonds is 8. The summed E-state index contributed by atoms with van der Waals surface area (Å²) in [4.78, 5) is 15.3. The van der Waals surface area contributed by atoms with Crippen LogP contribution in [0.4, 0.5) is 8.78 Å². The predicted octanol–water partition coefficient (Wildman–Crippen LogP) is 6.66. The van der Waals surface area contributed by atoms with Crippen LogP contribution in [-0.2, 0) is 12.2 Å². The van der Waals surface area contributed by atoms with E-state index in [1.807, 2.05) is 34.9 Å². The first-order valence-electron chi connectivity index (χ1n) is 12.2. The number of hydrogen-bond acceptors (Lipinski definition) is 3. The minimum Gasteiger partial charge on any atom is -0.487 e. The highest BCUT2D eigenvalue weighted by atomic mass is 32.2. The van der Waals surface area contributed by atoms with E-state index in [1.165, 1.54) is 23.3 Å². The number of ether oxygens (including phenoxy) is 1. The van der Waals surface area contributed by atoms with E-state index in [4.69, 9.17) is 4.74 Å². The molecule has 0 unspecified atom stereocenters.